The molecule has 16 nitrogen and oxygen atoms in total. The Labute approximate surface area is 576 Å². The van der Waals surface area contributed by atoms with Crippen molar-refractivity contribution in [2.45, 2.75) is 0 Å². The number of azo groups is 4. The van der Waals surface area contributed by atoms with Crippen LogP contribution in [0.1, 0.15) is 2.85 Å². The van der Waals surface area contributed by atoms with E-state index in [0.717, 1.165) is 21.5 Å². The molecule has 0 heterocycles. The molecule has 0 aliphatic carbocycles. The zero-order chi connectivity index (χ0) is 62.8. The van der Waals surface area contributed by atoms with Gasteiger partial charge in [-0.15, -0.1) is 40.9 Å². The van der Waals surface area contributed by atoms with Crippen LogP contribution in [0.15, 0.2) is 235 Å². The Hall–Kier alpha value is -8.14. The van der Waals surface area contributed by atoms with Crippen molar-refractivity contribution in [3.05, 3.63) is 234 Å². The smallest absolute Gasteiger partial charge is 0.506 e. The van der Waals surface area contributed by atoms with Crippen molar-refractivity contribution >= 4 is 181 Å². The quantitative estimate of drug-likeness (QED) is 0.0677. The van der Waals surface area contributed by atoms with Crippen molar-refractivity contribution in [2.75, 3.05) is 0 Å². The van der Waals surface area contributed by atoms with Gasteiger partial charge in [0.25, 0.3) is 0 Å². The largest absolute Gasteiger partial charge is 1.00 e. The SMILES string of the molecule is Oc1ccc(Cl)cc1N=Nc1c(O)ccc2ccccc12.Oc1ccc(Cl)cc1N=Nc1c(O)ccc2ccccc12.Oc1ccc(Cl)cc1N=Nc1ccc2c(Cl)ccc(Cl)c2c1O.Oc1ccc(Cl)cc1N=Nc1ccc2c(Cl)ccc(Cl)c2c1O.[Cr].[Cr].[H+].[H+]. The first-order valence-electron chi connectivity index (χ1n) is 25.5. The number of phenolic OH excluding ortho intramolecular Hbond substituents is 8. The van der Waals surface area contributed by atoms with Gasteiger partial charge in [-0.05, 0) is 132 Å². The molecule has 452 valence electrons. The molecule has 26 heteroatoms. The minimum Gasteiger partial charge on any atom is -0.506 e. The normalized spacial score (nSPS) is 11.1. The van der Waals surface area contributed by atoms with Gasteiger partial charge in [0, 0.05) is 97.2 Å². The van der Waals surface area contributed by atoms with Crippen LogP contribution in [-0.4, -0.2) is 40.9 Å². The summed E-state index contributed by atoms with van der Waals surface area (Å²) >= 11 is 47.9. The number of rotatable bonds is 8. The molecule has 0 saturated heterocycles. The Morgan fingerprint density at radius 1 is 0.244 bits per heavy atom. The van der Waals surface area contributed by atoms with Crippen LogP contribution < -0.4 is 0 Å². The van der Waals surface area contributed by atoms with Crippen LogP contribution in [0.25, 0.3) is 43.1 Å². The summed E-state index contributed by atoms with van der Waals surface area (Å²) in [7, 11) is 0. The van der Waals surface area contributed by atoms with Gasteiger partial charge in [0.15, 0.2) is 11.5 Å². The summed E-state index contributed by atoms with van der Waals surface area (Å²) in [5, 5.41) is 120. The molecule has 0 saturated carbocycles. The molecule has 0 aliphatic heterocycles. The van der Waals surface area contributed by atoms with Crippen molar-refractivity contribution in [3.8, 4) is 46.0 Å². The third-order valence-electron chi connectivity index (χ3n) is 12.6. The number of halogens is 8. The van der Waals surface area contributed by atoms with E-state index in [1.165, 1.54) is 60.7 Å². The number of aromatic hydroxyl groups is 8. The van der Waals surface area contributed by atoms with Crippen LogP contribution in [0.5, 0.6) is 46.0 Å². The molecule has 90 heavy (non-hydrogen) atoms. The summed E-state index contributed by atoms with van der Waals surface area (Å²) in [4.78, 5) is 0. The van der Waals surface area contributed by atoms with Crippen molar-refractivity contribution in [3.63, 3.8) is 0 Å². The van der Waals surface area contributed by atoms with Crippen LogP contribution in [0.2, 0.25) is 40.2 Å². The van der Waals surface area contributed by atoms with Gasteiger partial charge < -0.3 is 40.9 Å². The van der Waals surface area contributed by atoms with Gasteiger partial charge in [0.05, 0.1) is 10.0 Å². The molecule has 0 atom stereocenters. The number of phenols is 8. The maximum atomic E-state index is 10.4. The van der Waals surface area contributed by atoms with Crippen LogP contribution in [0.3, 0.4) is 0 Å². The first-order valence-corrected chi connectivity index (χ1v) is 28.5. The van der Waals surface area contributed by atoms with Gasteiger partial charge in [-0.2, -0.15) is 0 Å². The second kappa shape index (κ2) is 31.5. The zero-order valence-corrected chi connectivity index (χ0v) is 54.1. The fourth-order valence-electron chi connectivity index (χ4n) is 8.27. The zero-order valence-electron chi connectivity index (χ0n) is 47.5. The molecule has 12 aromatic rings. The first kappa shape index (κ1) is 69.3. The number of nitrogens with zero attached hydrogens (tertiary/aromatic N) is 8. The summed E-state index contributed by atoms with van der Waals surface area (Å²) in [6, 6.07) is 52.6. The standard InChI is InChI=1S/2C16H9Cl3N2O2.2C16H11ClN2O2.2Cr/c2*17-8-1-6-14(22)13(7-8)21-20-12-5-2-9-10(18)3-4-11(19)15(9)16(12)23;2*17-11-6-8-14(20)13(9-11)18-19-16-12-4-2-1-3-10(12)5-7-15(16)21;;/h2*1-7,22-23H;2*1-9,20-21H;;/p+2. The fraction of sp³-hybridized carbons (Fsp3) is 0. The second-order valence-corrected chi connectivity index (χ2v) is 21.8. The topological polar surface area (TPSA) is 261 Å². The van der Waals surface area contributed by atoms with Crippen molar-refractivity contribution in [1.29, 1.82) is 0 Å². The number of hydrogen-bond acceptors (Lipinski definition) is 16. The van der Waals surface area contributed by atoms with Crippen molar-refractivity contribution in [1.82, 2.24) is 0 Å². The Morgan fingerprint density at radius 3 is 0.856 bits per heavy atom. The molecule has 0 aromatic heterocycles. The van der Waals surface area contributed by atoms with Crippen LogP contribution >= 0.6 is 92.8 Å². The van der Waals surface area contributed by atoms with E-state index in [0.29, 0.717) is 73.1 Å². The summed E-state index contributed by atoms with van der Waals surface area (Å²) in [5.74, 6) is -0.414. The molecule has 12 aromatic carbocycles. The summed E-state index contributed by atoms with van der Waals surface area (Å²) in [5.41, 5.74) is 1.97. The molecule has 0 amide bonds. The van der Waals surface area contributed by atoms with E-state index in [4.69, 9.17) is 92.8 Å². The number of fused-ring (bicyclic) bond motifs is 4. The first-order chi connectivity index (χ1) is 42.2. The van der Waals surface area contributed by atoms with Gasteiger partial charge in [0.1, 0.15) is 80.0 Å². The third-order valence-corrected chi connectivity index (χ3v) is 14.8. The second-order valence-electron chi connectivity index (χ2n) is 18.4. The molecule has 0 fully saturated rings. The van der Waals surface area contributed by atoms with E-state index >= 15 is 0 Å². The van der Waals surface area contributed by atoms with E-state index in [2.05, 4.69) is 40.9 Å². The Morgan fingerprint density at radius 2 is 0.522 bits per heavy atom. The molecule has 0 unspecified atom stereocenters. The number of benzene rings is 12. The molecule has 0 aliphatic rings. The monoisotopic (exact) mass is 1430 g/mol. The maximum absolute atomic E-state index is 10.4. The molecular weight excluding hydrogens is 1400 g/mol. The van der Waals surface area contributed by atoms with Gasteiger partial charge in [-0.1, -0.05) is 166 Å². The summed E-state index contributed by atoms with van der Waals surface area (Å²) in [6.45, 7) is 0. The minimum atomic E-state index is -0.139. The van der Waals surface area contributed by atoms with Crippen molar-refractivity contribution < 1.29 is 78.4 Å². The summed E-state index contributed by atoms with van der Waals surface area (Å²) in [6.07, 6.45) is 0. The summed E-state index contributed by atoms with van der Waals surface area (Å²) < 4.78 is 0. The van der Waals surface area contributed by atoms with E-state index in [-0.39, 0.29) is 118 Å². The Kier molecular flexibility index (Phi) is 24.3. The van der Waals surface area contributed by atoms with Crippen LogP contribution in [0.4, 0.5) is 45.5 Å². The molecule has 0 radical (unpaired) electrons. The van der Waals surface area contributed by atoms with Crippen molar-refractivity contribution in [2.24, 2.45) is 40.9 Å². The van der Waals surface area contributed by atoms with Gasteiger partial charge in [-0.25, -0.2) is 0 Å². The number of hydrogen-bond donors (Lipinski definition) is 8. The predicted molar refractivity (Wildman–Crippen MR) is 354 cm³/mol. The predicted octanol–water partition coefficient (Wildman–Crippen LogP) is 24.1. The molecule has 12 rings (SSSR count). The van der Waals surface area contributed by atoms with Crippen LogP contribution in [0, 0.1) is 0 Å². The molecular formula is C64H42Cl8Cr2N8O8+2. The maximum Gasteiger partial charge on any atom is 1.00 e. The average Bonchev–Trinajstić information content (AvgIpc) is 0.828. The van der Waals surface area contributed by atoms with E-state index in [1.54, 1.807) is 84.9 Å². The van der Waals surface area contributed by atoms with Crippen LogP contribution in [-0.2, 0) is 34.7 Å². The molecule has 0 bridgehead atoms. The minimum absolute atomic E-state index is 0. The Bertz CT molecular complexity index is 4500. The molecule has 0 spiro atoms. The average molecular weight is 1440 g/mol. The molecule has 8 N–H and O–H groups in total. The van der Waals surface area contributed by atoms with E-state index < -0.39 is 0 Å². The van der Waals surface area contributed by atoms with E-state index in [9.17, 15) is 40.9 Å². The third kappa shape index (κ3) is 16.8. The van der Waals surface area contributed by atoms with E-state index in [1.807, 2.05) is 48.5 Å². The van der Waals surface area contributed by atoms with Gasteiger partial charge >= 0.3 is 2.85 Å². The van der Waals surface area contributed by atoms with Gasteiger partial charge in [-0.3, -0.25) is 0 Å². The Balaban J connectivity index is 0.000000220. The fourth-order valence-corrected chi connectivity index (χ4v) is 9.88. The van der Waals surface area contributed by atoms with Gasteiger partial charge in [0.2, 0.25) is 0 Å².